The van der Waals surface area contributed by atoms with Crippen LogP contribution in [0.3, 0.4) is 0 Å². The van der Waals surface area contributed by atoms with Crippen molar-refractivity contribution in [3.63, 3.8) is 0 Å². The van der Waals surface area contributed by atoms with Crippen LogP contribution in [0.15, 0.2) is 4.63 Å². The van der Waals surface area contributed by atoms with Gasteiger partial charge >= 0.3 is 0 Å². The van der Waals surface area contributed by atoms with E-state index in [1.54, 1.807) is 0 Å². The Labute approximate surface area is 99.3 Å². The highest BCUT2D eigenvalue weighted by Crippen LogP contribution is 2.27. The molecule has 1 aromatic heterocycles. The molecule has 0 aliphatic carbocycles. The van der Waals surface area contributed by atoms with Crippen molar-refractivity contribution in [2.45, 2.75) is 25.8 Å². The molecular weight excluding hydrogens is 220 g/mol. The van der Waals surface area contributed by atoms with Gasteiger partial charge < -0.3 is 10.2 Å². The average Bonchev–Trinajstić information content (AvgIpc) is 2.94. The zero-order valence-corrected chi connectivity index (χ0v) is 9.85. The summed E-state index contributed by atoms with van der Waals surface area (Å²) in [5.74, 6) is 0.774. The van der Waals surface area contributed by atoms with Crippen LogP contribution in [0.5, 0.6) is 0 Å². The summed E-state index contributed by atoms with van der Waals surface area (Å²) in [5, 5.41) is 10.8. The summed E-state index contributed by atoms with van der Waals surface area (Å²) in [6.45, 7) is 4.65. The fourth-order valence-electron chi connectivity index (χ4n) is 2.81. The van der Waals surface area contributed by atoms with Crippen molar-refractivity contribution in [1.82, 2.24) is 20.5 Å². The molecule has 6 nitrogen and oxygen atoms in total. The van der Waals surface area contributed by atoms with Gasteiger partial charge in [-0.3, -0.25) is 4.79 Å². The second-order valence-corrected chi connectivity index (χ2v) is 4.83. The van der Waals surface area contributed by atoms with Gasteiger partial charge in [0.15, 0.2) is 0 Å². The quantitative estimate of drug-likeness (QED) is 0.766. The third-order valence-electron chi connectivity index (χ3n) is 3.83. The lowest BCUT2D eigenvalue weighted by Crippen LogP contribution is -2.40. The normalized spacial score (nSPS) is 27.5. The molecular formula is C11H16N4O2. The number of rotatable bonds is 2. The van der Waals surface area contributed by atoms with E-state index in [1.165, 1.54) is 0 Å². The number of aryl methyl sites for hydroxylation is 1. The third-order valence-corrected chi connectivity index (χ3v) is 3.83. The van der Waals surface area contributed by atoms with Crippen LogP contribution in [0.25, 0.3) is 0 Å². The highest BCUT2D eigenvalue weighted by Gasteiger charge is 2.39. The fraction of sp³-hybridized carbons (Fsp3) is 0.727. The number of fused-ring (bicyclic) bond motifs is 1. The van der Waals surface area contributed by atoms with Gasteiger partial charge in [0.2, 0.25) is 5.91 Å². The predicted octanol–water partition coefficient (Wildman–Crippen LogP) is -0.259. The van der Waals surface area contributed by atoms with Gasteiger partial charge in [-0.15, -0.1) is 0 Å². The van der Waals surface area contributed by atoms with Crippen LogP contribution in [0.2, 0.25) is 0 Å². The van der Waals surface area contributed by atoms with Crippen LogP contribution >= 0.6 is 0 Å². The summed E-state index contributed by atoms with van der Waals surface area (Å²) in [5.41, 5.74) is 1.36. The number of aromatic nitrogens is 2. The molecule has 3 rings (SSSR count). The molecule has 0 bridgehead atoms. The molecule has 2 atom stereocenters. The molecule has 6 heteroatoms. The Kier molecular flexibility index (Phi) is 2.58. The molecule has 0 aromatic carbocycles. The SMILES string of the molecule is Cc1nonc1CC(=O)N1CCC2CNCC21. The summed E-state index contributed by atoms with van der Waals surface area (Å²) < 4.78 is 4.61. The van der Waals surface area contributed by atoms with Crippen LogP contribution in [-0.4, -0.2) is 46.8 Å². The van der Waals surface area contributed by atoms with E-state index in [9.17, 15) is 4.79 Å². The number of carbonyl (C=O) groups is 1. The molecule has 0 spiro atoms. The Morgan fingerprint density at radius 2 is 2.41 bits per heavy atom. The Hall–Kier alpha value is -1.43. The van der Waals surface area contributed by atoms with Crippen LogP contribution < -0.4 is 5.32 Å². The molecule has 1 amide bonds. The summed E-state index contributed by atoms with van der Waals surface area (Å²) >= 11 is 0. The standard InChI is InChI=1S/C11H16N4O2/c1-7-9(14-17-13-7)4-11(16)15-3-2-8-5-12-6-10(8)15/h8,10,12H,2-6H2,1H3. The number of likely N-dealkylation sites (tertiary alicyclic amines) is 1. The number of amides is 1. The van der Waals surface area contributed by atoms with Crippen molar-refractivity contribution in [1.29, 1.82) is 0 Å². The van der Waals surface area contributed by atoms with Gasteiger partial charge in [0.1, 0.15) is 11.4 Å². The first-order chi connectivity index (χ1) is 8.25. The zero-order chi connectivity index (χ0) is 11.8. The maximum atomic E-state index is 12.2. The first kappa shape index (κ1) is 10.7. The lowest BCUT2D eigenvalue weighted by molar-refractivity contribution is -0.131. The zero-order valence-electron chi connectivity index (χ0n) is 9.85. The molecule has 2 aliphatic rings. The Balaban J connectivity index is 1.69. The average molecular weight is 236 g/mol. The van der Waals surface area contributed by atoms with Crippen molar-refractivity contribution >= 4 is 5.91 Å². The van der Waals surface area contributed by atoms with Crippen LogP contribution in [-0.2, 0) is 11.2 Å². The molecule has 2 aliphatic heterocycles. The van der Waals surface area contributed by atoms with Crippen molar-refractivity contribution in [2.24, 2.45) is 5.92 Å². The van der Waals surface area contributed by atoms with E-state index in [1.807, 2.05) is 11.8 Å². The van der Waals surface area contributed by atoms with Gasteiger partial charge in [-0.1, -0.05) is 10.3 Å². The van der Waals surface area contributed by atoms with E-state index in [0.717, 1.165) is 26.1 Å². The molecule has 2 saturated heterocycles. The van der Waals surface area contributed by atoms with Gasteiger partial charge in [-0.05, 0) is 19.3 Å². The number of hydrogen-bond acceptors (Lipinski definition) is 5. The summed E-state index contributed by atoms with van der Waals surface area (Å²) in [6, 6.07) is 0.377. The molecule has 3 heterocycles. The minimum Gasteiger partial charge on any atom is -0.338 e. The number of nitrogens with one attached hydrogen (secondary N) is 1. The monoisotopic (exact) mass is 236 g/mol. The summed E-state index contributed by atoms with van der Waals surface area (Å²) in [7, 11) is 0. The van der Waals surface area contributed by atoms with Gasteiger partial charge in [-0.2, -0.15) is 0 Å². The number of hydrogen-bond donors (Lipinski definition) is 1. The van der Waals surface area contributed by atoms with Crippen molar-refractivity contribution in [3.05, 3.63) is 11.4 Å². The summed E-state index contributed by atoms with van der Waals surface area (Å²) in [4.78, 5) is 14.2. The van der Waals surface area contributed by atoms with E-state index >= 15 is 0 Å². The highest BCUT2D eigenvalue weighted by molar-refractivity contribution is 5.79. The number of nitrogens with zero attached hydrogens (tertiary/aromatic N) is 3. The fourth-order valence-corrected chi connectivity index (χ4v) is 2.81. The largest absolute Gasteiger partial charge is 0.338 e. The Morgan fingerprint density at radius 3 is 3.18 bits per heavy atom. The van der Waals surface area contributed by atoms with E-state index in [2.05, 4.69) is 20.3 Å². The van der Waals surface area contributed by atoms with Gasteiger partial charge in [0, 0.05) is 25.7 Å². The lowest BCUT2D eigenvalue weighted by atomic mass is 10.1. The highest BCUT2D eigenvalue weighted by atomic mass is 16.6. The first-order valence-electron chi connectivity index (χ1n) is 6.04. The molecule has 0 saturated carbocycles. The first-order valence-corrected chi connectivity index (χ1v) is 6.04. The smallest absolute Gasteiger partial charge is 0.229 e. The second-order valence-electron chi connectivity index (χ2n) is 4.83. The molecule has 92 valence electrons. The van der Waals surface area contributed by atoms with Gasteiger partial charge in [0.25, 0.3) is 0 Å². The van der Waals surface area contributed by atoms with Crippen LogP contribution in [0, 0.1) is 12.8 Å². The topological polar surface area (TPSA) is 71.3 Å². The molecule has 0 radical (unpaired) electrons. The van der Waals surface area contributed by atoms with Crippen molar-refractivity contribution in [3.8, 4) is 0 Å². The predicted molar refractivity (Wildman–Crippen MR) is 59.2 cm³/mol. The van der Waals surface area contributed by atoms with Crippen LogP contribution in [0.1, 0.15) is 17.8 Å². The van der Waals surface area contributed by atoms with Crippen molar-refractivity contribution < 1.29 is 9.42 Å². The molecule has 17 heavy (non-hydrogen) atoms. The van der Waals surface area contributed by atoms with E-state index < -0.39 is 0 Å². The third kappa shape index (κ3) is 1.82. The Bertz CT molecular complexity index is 431. The second kappa shape index (κ2) is 4.10. The molecule has 2 unspecified atom stereocenters. The minimum atomic E-state index is 0.139. The maximum absolute atomic E-state index is 12.2. The van der Waals surface area contributed by atoms with E-state index in [0.29, 0.717) is 29.8 Å². The molecule has 2 fully saturated rings. The minimum absolute atomic E-state index is 0.139. The Morgan fingerprint density at radius 1 is 1.53 bits per heavy atom. The maximum Gasteiger partial charge on any atom is 0.229 e. The van der Waals surface area contributed by atoms with Gasteiger partial charge in [0.05, 0.1) is 6.42 Å². The summed E-state index contributed by atoms with van der Waals surface area (Å²) in [6.07, 6.45) is 1.41. The molecule has 1 aromatic rings. The number of carbonyl (C=O) groups excluding carboxylic acids is 1. The van der Waals surface area contributed by atoms with Gasteiger partial charge in [-0.25, -0.2) is 4.63 Å². The lowest BCUT2D eigenvalue weighted by Gasteiger charge is -2.22. The van der Waals surface area contributed by atoms with Crippen LogP contribution in [0.4, 0.5) is 0 Å². The van der Waals surface area contributed by atoms with Crippen molar-refractivity contribution in [2.75, 3.05) is 19.6 Å². The van der Waals surface area contributed by atoms with E-state index in [-0.39, 0.29) is 5.91 Å². The van der Waals surface area contributed by atoms with E-state index in [4.69, 9.17) is 0 Å². The molecule has 1 N–H and O–H groups in total.